The van der Waals surface area contributed by atoms with Crippen LogP contribution < -0.4 is 10.8 Å². The number of halogens is 2. The van der Waals surface area contributed by atoms with Crippen LogP contribution in [0.3, 0.4) is 0 Å². The van der Waals surface area contributed by atoms with E-state index in [0.717, 1.165) is 0 Å². The van der Waals surface area contributed by atoms with Crippen molar-refractivity contribution in [2.45, 2.75) is 32.7 Å². The molecular formula is C25H30F2N5O3P. The minimum Gasteiger partial charge on any atom is -0.378 e. The van der Waals surface area contributed by atoms with Gasteiger partial charge in [0.05, 0.1) is 11.7 Å². The fraction of sp³-hybridized carbons (Fsp3) is 0.440. The minimum atomic E-state index is -3.10. The number of carbonyl (C=O) groups is 1. The smallest absolute Gasteiger partial charge is 0.296 e. The zero-order valence-corrected chi connectivity index (χ0v) is 21.7. The van der Waals surface area contributed by atoms with Crippen molar-refractivity contribution in [2.75, 3.05) is 44.4 Å². The summed E-state index contributed by atoms with van der Waals surface area (Å²) in [6.45, 7) is 5.30. The number of aryl methyl sites for hydroxylation is 1. The van der Waals surface area contributed by atoms with Gasteiger partial charge >= 0.3 is 0 Å². The third-order valence-electron chi connectivity index (χ3n) is 6.49. The van der Waals surface area contributed by atoms with Gasteiger partial charge in [0.2, 0.25) is 5.91 Å². The molecule has 0 bridgehead atoms. The molecule has 1 saturated heterocycles. The van der Waals surface area contributed by atoms with Crippen LogP contribution in [0.25, 0.3) is 10.9 Å². The number of aromatic nitrogens is 3. The number of carbonyl (C=O) groups excluding carboxylic acids is 1. The lowest BCUT2D eigenvalue weighted by Gasteiger charge is -2.31. The Morgan fingerprint density at radius 3 is 2.64 bits per heavy atom. The van der Waals surface area contributed by atoms with Crippen molar-refractivity contribution in [1.29, 1.82) is 0 Å². The van der Waals surface area contributed by atoms with Gasteiger partial charge in [-0.25, -0.2) is 9.97 Å². The van der Waals surface area contributed by atoms with Gasteiger partial charge in [-0.1, -0.05) is 18.2 Å². The van der Waals surface area contributed by atoms with Crippen LogP contribution in [0.1, 0.15) is 36.8 Å². The molecule has 4 rings (SSSR count). The van der Waals surface area contributed by atoms with Gasteiger partial charge in [0.1, 0.15) is 30.8 Å². The van der Waals surface area contributed by atoms with E-state index >= 15 is 0 Å². The molecule has 1 atom stereocenters. The number of nitrogens with zero attached hydrogens (tertiary/aromatic N) is 4. The standard InChI is InChI=1S/C25H30F2N5O3P/c1-16(19-6-5-7-20(12-19)25(26,27)15-35-4)29-24-21-13-23(28-14-22(21)30-17(2)31-24)36(34)10-8-32(9-11-36)18(3)33/h5-7,12-14,16H,8-11,15H2,1-4H3,(H,29,30,31)/t16-/m1/s1. The van der Waals surface area contributed by atoms with Crippen LogP contribution in [0.2, 0.25) is 0 Å². The summed E-state index contributed by atoms with van der Waals surface area (Å²) in [6, 6.07) is 7.61. The average Bonchev–Trinajstić information content (AvgIpc) is 2.84. The monoisotopic (exact) mass is 517 g/mol. The Labute approximate surface area is 208 Å². The molecule has 1 amide bonds. The molecule has 0 radical (unpaired) electrons. The molecule has 0 saturated carbocycles. The molecule has 192 valence electrons. The van der Waals surface area contributed by atoms with Crippen LogP contribution in [-0.4, -0.2) is 64.9 Å². The maximum absolute atomic E-state index is 14.4. The molecule has 3 heterocycles. The Kier molecular flexibility index (Phi) is 7.38. The first kappa shape index (κ1) is 26.1. The molecule has 2 aromatic heterocycles. The van der Waals surface area contributed by atoms with E-state index in [1.807, 2.05) is 6.92 Å². The summed E-state index contributed by atoms with van der Waals surface area (Å²) in [6.07, 6.45) is 2.34. The van der Waals surface area contributed by atoms with Crippen LogP contribution in [0.5, 0.6) is 0 Å². The molecule has 11 heteroatoms. The van der Waals surface area contributed by atoms with Crippen LogP contribution in [-0.2, 0) is 20.0 Å². The van der Waals surface area contributed by atoms with E-state index in [1.165, 1.54) is 26.2 Å². The van der Waals surface area contributed by atoms with Crippen molar-refractivity contribution in [3.05, 3.63) is 53.5 Å². The second kappa shape index (κ2) is 10.2. The molecule has 36 heavy (non-hydrogen) atoms. The van der Waals surface area contributed by atoms with Crippen LogP contribution in [0.4, 0.5) is 14.6 Å². The number of hydrogen-bond donors (Lipinski definition) is 1. The number of amides is 1. The van der Waals surface area contributed by atoms with E-state index < -0.39 is 19.7 Å². The van der Waals surface area contributed by atoms with E-state index in [0.29, 0.717) is 59.0 Å². The first-order valence-corrected chi connectivity index (χ1v) is 13.8. The van der Waals surface area contributed by atoms with E-state index in [1.54, 1.807) is 36.2 Å². The van der Waals surface area contributed by atoms with E-state index in [-0.39, 0.29) is 17.5 Å². The minimum absolute atomic E-state index is 0.0267. The average molecular weight is 518 g/mol. The number of pyridine rings is 1. The fourth-order valence-electron chi connectivity index (χ4n) is 4.39. The van der Waals surface area contributed by atoms with Crippen molar-refractivity contribution in [2.24, 2.45) is 0 Å². The molecule has 3 aromatic rings. The molecule has 0 spiro atoms. The Morgan fingerprint density at radius 2 is 1.97 bits per heavy atom. The molecule has 1 aliphatic heterocycles. The lowest BCUT2D eigenvalue weighted by atomic mass is 10.0. The van der Waals surface area contributed by atoms with Crippen molar-refractivity contribution in [3.8, 4) is 0 Å². The number of benzene rings is 1. The fourth-order valence-corrected chi connectivity index (χ4v) is 6.83. The number of rotatable bonds is 7. The summed E-state index contributed by atoms with van der Waals surface area (Å²) in [4.78, 5) is 26.8. The second-order valence-electron chi connectivity index (χ2n) is 9.15. The van der Waals surface area contributed by atoms with Gasteiger partial charge in [0.15, 0.2) is 0 Å². The van der Waals surface area contributed by atoms with Crippen molar-refractivity contribution in [3.63, 3.8) is 0 Å². The Morgan fingerprint density at radius 1 is 1.25 bits per heavy atom. The van der Waals surface area contributed by atoms with Gasteiger partial charge in [-0.2, -0.15) is 8.78 Å². The normalized spacial score (nSPS) is 16.7. The number of anilines is 1. The number of hydrogen-bond acceptors (Lipinski definition) is 7. The molecule has 8 nitrogen and oxygen atoms in total. The highest BCUT2D eigenvalue weighted by Crippen LogP contribution is 2.46. The Bertz CT molecular complexity index is 1320. The highest BCUT2D eigenvalue weighted by molar-refractivity contribution is 7.71. The second-order valence-corrected chi connectivity index (χ2v) is 12.3. The largest absolute Gasteiger partial charge is 0.378 e. The summed E-state index contributed by atoms with van der Waals surface area (Å²) in [5, 5.41) is 3.97. The number of ether oxygens (including phenoxy) is 1. The third-order valence-corrected chi connectivity index (χ3v) is 9.42. The summed E-state index contributed by atoms with van der Waals surface area (Å²) in [7, 11) is -1.54. The van der Waals surface area contributed by atoms with E-state index in [4.69, 9.17) is 0 Å². The molecule has 1 fully saturated rings. The van der Waals surface area contributed by atoms with Crippen LogP contribution in [0, 0.1) is 6.92 Å². The quantitative estimate of drug-likeness (QED) is 0.472. The van der Waals surface area contributed by atoms with Gasteiger partial charge in [0, 0.05) is 56.4 Å². The topological polar surface area (TPSA) is 97.3 Å². The highest BCUT2D eigenvalue weighted by Gasteiger charge is 2.34. The zero-order chi connectivity index (χ0) is 26.1. The highest BCUT2D eigenvalue weighted by atomic mass is 31.2. The summed E-state index contributed by atoms with van der Waals surface area (Å²) in [5.41, 5.74) is 1.62. The van der Waals surface area contributed by atoms with Gasteiger partial charge in [0.25, 0.3) is 5.92 Å². The SMILES string of the molecule is COCC(F)(F)c1cccc([C@@H](C)Nc2nc(C)nc3cnc(P4(=O)CCN(C(C)=O)CC4)cc23)c1. The third kappa shape index (κ3) is 5.39. The lowest BCUT2D eigenvalue weighted by Crippen LogP contribution is -2.40. The Hall–Kier alpha value is -2.97. The molecular weight excluding hydrogens is 487 g/mol. The molecule has 0 unspecified atom stereocenters. The van der Waals surface area contributed by atoms with E-state index in [2.05, 4.69) is 25.0 Å². The predicted molar refractivity (Wildman–Crippen MR) is 136 cm³/mol. The van der Waals surface area contributed by atoms with Gasteiger partial charge in [-0.3, -0.25) is 9.78 Å². The van der Waals surface area contributed by atoms with Gasteiger partial charge in [-0.15, -0.1) is 0 Å². The zero-order valence-electron chi connectivity index (χ0n) is 20.8. The maximum atomic E-state index is 14.4. The first-order chi connectivity index (χ1) is 17.0. The van der Waals surface area contributed by atoms with Gasteiger partial charge in [-0.05, 0) is 31.5 Å². The summed E-state index contributed by atoms with van der Waals surface area (Å²) in [5.74, 6) is -2.10. The van der Waals surface area contributed by atoms with E-state index in [9.17, 15) is 18.1 Å². The number of methoxy groups -OCH3 is 1. The number of fused-ring (bicyclic) bond motifs is 1. The summed E-state index contributed by atoms with van der Waals surface area (Å²) >= 11 is 0. The van der Waals surface area contributed by atoms with Crippen LogP contribution >= 0.6 is 7.14 Å². The summed E-state index contributed by atoms with van der Waals surface area (Å²) < 4.78 is 47.2. The predicted octanol–water partition coefficient (Wildman–Crippen LogP) is 4.10. The molecule has 1 aromatic carbocycles. The van der Waals surface area contributed by atoms with Crippen molar-refractivity contribution >= 4 is 35.2 Å². The lowest BCUT2D eigenvalue weighted by molar-refractivity contribution is -0.128. The molecule has 1 aliphatic rings. The first-order valence-electron chi connectivity index (χ1n) is 11.7. The molecule has 1 N–H and O–H groups in total. The number of alkyl halides is 2. The maximum Gasteiger partial charge on any atom is 0.296 e. The van der Waals surface area contributed by atoms with Crippen molar-refractivity contribution < 1.29 is 22.9 Å². The Balaban J connectivity index is 1.65. The molecule has 0 aliphatic carbocycles. The van der Waals surface area contributed by atoms with Gasteiger partial charge < -0.3 is 19.5 Å². The van der Waals surface area contributed by atoms with Crippen LogP contribution in [0.15, 0.2) is 36.5 Å². The number of nitrogens with one attached hydrogen (secondary N) is 1. The van der Waals surface area contributed by atoms with Crippen molar-refractivity contribution in [1.82, 2.24) is 19.9 Å².